The second-order valence-corrected chi connectivity index (χ2v) is 6.79. The molecule has 0 bridgehead atoms. The molecule has 0 saturated carbocycles. The molecule has 4 heteroatoms. The molecule has 0 aliphatic heterocycles. The molecule has 0 amide bonds. The monoisotopic (exact) mass is 379 g/mol. The highest BCUT2D eigenvalue weighted by Gasteiger charge is 2.19. The van der Waals surface area contributed by atoms with Gasteiger partial charge in [-0.15, -0.1) is 0 Å². The first kappa shape index (κ1) is 18.5. The van der Waals surface area contributed by atoms with Crippen LogP contribution in [-0.4, -0.2) is 9.97 Å². The summed E-state index contributed by atoms with van der Waals surface area (Å²) in [6.45, 7) is 0. The molecule has 2 aromatic carbocycles. The zero-order valence-electron chi connectivity index (χ0n) is 15.7. The van der Waals surface area contributed by atoms with Crippen molar-refractivity contribution in [1.82, 2.24) is 9.97 Å². The summed E-state index contributed by atoms with van der Waals surface area (Å²) in [5.41, 5.74) is 5.12. The second kappa shape index (κ2) is 8.45. The van der Waals surface area contributed by atoms with Gasteiger partial charge in [0.15, 0.2) is 0 Å². The highest BCUT2D eigenvalue weighted by molar-refractivity contribution is 5.73. The molecule has 29 heavy (non-hydrogen) atoms. The molecule has 0 aliphatic carbocycles. The van der Waals surface area contributed by atoms with Gasteiger partial charge in [0.05, 0.1) is 11.6 Å². The van der Waals surface area contributed by atoms with Crippen molar-refractivity contribution in [3.05, 3.63) is 120 Å². The average molecular weight is 379 g/mol. The lowest BCUT2D eigenvalue weighted by atomic mass is 9.84. The first-order valence-corrected chi connectivity index (χ1v) is 9.34. The van der Waals surface area contributed by atoms with Gasteiger partial charge in [-0.05, 0) is 59.0 Å². The van der Waals surface area contributed by atoms with Crippen LogP contribution in [0, 0.1) is 17.1 Å². The molecule has 0 fully saturated rings. The summed E-state index contributed by atoms with van der Waals surface area (Å²) in [7, 11) is 0. The van der Waals surface area contributed by atoms with Crippen molar-refractivity contribution >= 4 is 0 Å². The van der Waals surface area contributed by atoms with Crippen LogP contribution >= 0.6 is 0 Å². The lowest BCUT2D eigenvalue weighted by Gasteiger charge is -2.20. The van der Waals surface area contributed by atoms with Crippen molar-refractivity contribution in [2.45, 2.75) is 12.3 Å². The Morgan fingerprint density at radius 1 is 0.828 bits per heavy atom. The maximum atomic E-state index is 14.0. The van der Waals surface area contributed by atoms with Gasteiger partial charge in [0, 0.05) is 36.3 Å². The fraction of sp³-hybridized carbons (Fsp3) is 0.0800. The number of rotatable bonds is 5. The Kier molecular flexibility index (Phi) is 5.40. The van der Waals surface area contributed by atoms with Gasteiger partial charge in [0.1, 0.15) is 5.82 Å². The van der Waals surface area contributed by atoms with Gasteiger partial charge < -0.3 is 0 Å². The normalized spacial score (nSPS) is 10.7. The molecular weight excluding hydrogens is 361 g/mol. The summed E-state index contributed by atoms with van der Waals surface area (Å²) < 4.78 is 14.0. The Bertz CT molecular complexity index is 1110. The maximum absolute atomic E-state index is 14.0. The van der Waals surface area contributed by atoms with Crippen molar-refractivity contribution in [3.63, 3.8) is 0 Å². The van der Waals surface area contributed by atoms with E-state index in [-0.39, 0.29) is 11.7 Å². The summed E-state index contributed by atoms with van der Waals surface area (Å²) in [6, 6.07) is 22.2. The largest absolute Gasteiger partial charge is 0.264 e. The van der Waals surface area contributed by atoms with E-state index in [2.05, 4.69) is 28.2 Å². The molecular formula is C25H18FN3. The Labute approximate surface area is 169 Å². The molecule has 0 saturated heterocycles. The van der Waals surface area contributed by atoms with Gasteiger partial charge in [-0.1, -0.05) is 36.4 Å². The van der Waals surface area contributed by atoms with Crippen molar-refractivity contribution in [2.75, 3.05) is 0 Å². The second-order valence-electron chi connectivity index (χ2n) is 6.79. The van der Waals surface area contributed by atoms with Crippen LogP contribution in [0.3, 0.4) is 0 Å². The summed E-state index contributed by atoms with van der Waals surface area (Å²) in [5.74, 6) is -0.317. The third-order valence-electron chi connectivity index (χ3n) is 5.01. The number of nitriles is 1. The summed E-state index contributed by atoms with van der Waals surface area (Å²) in [4.78, 5) is 8.56. The third kappa shape index (κ3) is 4.04. The van der Waals surface area contributed by atoms with Gasteiger partial charge in [0.2, 0.25) is 0 Å². The SMILES string of the molecule is N#Cc1ccc(F)cc1-c1ccccc1CC(c1cccnc1)c1cccnc1. The summed E-state index contributed by atoms with van der Waals surface area (Å²) in [6.07, 6.45) is 7.91. The average Bonchev–Trinajstić information content (AvgIpc) is 2.79. The fourth-order valence-electron chi connectivity index (χ4n) is 3.61. The van der Waals surface area contributed by atoms with Crippen LogP contribution in [0.4, 0.5) is 4.39 Å². The van der Waals surface area contributed by atoms with Crippen LogP contribution < -0.4 is 0 Å². The van der Waals surface area contributed by atoms with Crippen molar-refractivity contribution in [3.8, 4) is 17.2 Å². The first-order valence-electron chi connectivity index (χ1n) is 9.34. The van der Waals surface area contributed by atoms with Crippen molar-refractivity contribution < 1.29 is 4.39 Å². The minimum atomic E-state index is -0.357. The number of pyridine rings is 2. The molecule has 3 nitrogen and oxygen atoms in total. The number of nitrogens with zero attached hydrogens (tertiary/aromatic N) is 3. The summed E-state index contributed by atoms with van der Waals surface area (Å²) >= 11 is 0. The maximum Gasteiger partial charge on any atom is 0.123 e. The van der Waals surface area contributed by atoms with Gasteiger partial charge in [-0.3, -0.25) is 9.97 Å². The van der Waals surface area contributed by atoms with Crippen LogP contribution in [0.1, 0.15) is 28.2 Å². The molecule has 0 radical (unpaired) electrons. The minimum Gasteiger partial charge on any atom is -0.264 e. The van der Waals surface area contributed by atoms with Crippen LogP contribution in [0.5, 0.6) is 0 Å². The third-order valence-corrected chi connectivity index (χ3v) is 5.01. The zero-order chi connectivity index (χ0) is 20.1. The van der Waals surface area contributed by atoms with E-state index in [1.165, 1.54) is 18.2 Å². The number of aromatic nitrogens is 2. The van der Waals surface area contributed by atoms with Crippen LogP contribution in [0.25, 0.3) is 11.1 Å². The van der Waals surface area contributed by atoms with Gasteiger partial charge in [-0.25, -0.2) is 4.39 Å². The number of benzene rings is 2. The smallest absolute Gasteiger partial charge is 0.123 e. The highest BCUT2D eigenvalue weighted by atomic mass is 19.1. The van der Waals surface area contributed by atoms with E-state index in [1.807, 2.05) is 48.8 Å². The Morgan fingerprint density at radius 2 is 1.52 bits per heavy atom. The lowest BCUT2D eigenvalue weighted by Crippen LogP contribution is -2.07. The number of halogens is 1. The molecule has 2 aromatic heterocycles. The number of hydrogen-bond donors (Lipinski definition) is 0. The van der Waals surface area contributed by atoms with Gasteiger partial charge >= 0.3 is 0 Å². The van der Waals surface area contributed by atoms with E-state index >= 15 is 0 Å². The molecule has 4 rings (SSSR count). The molecule has 0 atom stereocenters. The van der Waals surface area contributed by atoms with Crippen LogP contribution in [0.2, 0.25) is 0 Å². The Balaban J connectivity index is 1.82. The molecule has 0 spiro atoms. The predicted octanol–water partition coefficient (Wildman–Crippen LogP) is 5.53. The van der Waals surface area contributed by atoms with Gasteiger partial charge in [-0.2, -0.15) is 5.26 Å². The molecule has 140 valence electrons. The Morgan fingerprint density at radius 3 is 2.14 bits per heavy atom. The minimum absolute atomic E-state index is 0.0395. The lowest BCUT2D eigenvalue weighted by molar-refractivity contribution is 0.628. The first-order chi connectivity index (χ1) is 14.3. The van der Waals surface area contributed by atoms with E-state index in [4.69, 9.17) is 0 Å². The van der Waals surface area contributed by atoms with Crippen molar-refractivity contribution in [1.29, 1.82) is 5.26 Å². The van der Waals surface area contributed by atoms with E-state index in [9.17, 15) is 9.65 Å². The fourth-order valence-corrected chi connectivity index (χ4v) is 3.61. The van der Waals surface area contributed by atoms with E-state index in [0.717, 1.165) is 22.3 Å². The van der Waals surface area contributed by atoms with E-state index in [0.29, 0.717) is 17.5 Å². The van der Waals surface area contributed by atoms with Crippen LogP contribution in [0.15, 0.2) is 91.5 Å². The topological polar surface area (TPSA) is 49.6 Å². The van der Waals surface area contributed by atoms with E-state index in [1.54, 1.807) is 12.4 Å². The Hall–Kier alpha value is -3.84. The molecule has 0 aliphatic rings. The van der Waals surface area contributed by atoms with Gasteiger partial charge in [0.25, 0.3) is 0 Å². The number of hydrogen-bond acceptors (Lipinski definition) is 3. The molecule has 2 heterocycles. The standard InChI is InChI=1S/C25H18FN3/c26-22-10-9-19(15-27)25(14-22)23-8-2-1-5-18(23)13-24(20-6-3-11-28-16-20)21-7-4-12-29-17-21/h1-12,14,16-17,24H,13H2. The predicted molar refractivity (Wildman–Crippen MR) is 111 cm³/mol. The van der Waals surface area contributed by atoms with Crippen molar-refractivity contribution in [2.24, 2.45) is 0 Å². The molecule has 4 aromatic rings. The summed E-state index contributed by atoms with van der Waals surface area (Å²) in [5, 5.41) is 9.51. The van der Waals surface area contributed by atoms with Crippen LogP contribution in [-0.2, 0) is 6.42 Å². The molecule has 0 unspecified atom stereocenters. The quantitative estimate of drug-likeness (QED) is 0.458. The van der Waals surface area contributed by atoms with E-state index < -0.39 is 0 Å². The highest BCUT2D eigenvalue weighted by Crippen LogP contribution is 2.33. The zero-order valence-corrected chi connectivity index (χ0v) is 15.7. The molecule has 0 N–H and O–H groups in total.